The maximum atomic E-state index is 2.37. The highest BCUT2D eigenvalue weighted by Gasteiger charge is 2.30. The summed E-state index contributed by atoms with van der Waals surface area (Å²) >= 11 is 0. The van der Waals surface area contributed by atoms with E-state index in [0.717, 1.165) is 101 Å². The Morgan fingerprint density at radius 1 is 0.235 bits per heavy atom. The van der Waals surface area contributed by atoms with Crippen molar-refractivity contribution >= 4 is 55.1 Å². The van der Waals surface area contributed by atoms with Gasteiger partial charge >= 0.3 is 0 Å². The Kier molecular flexibility index (Phi) is 9.30. The number of aromatic nitrogens is 8. The Morgan fingerprint density at radius 3 is 0.529 bits per heavy atom. The second kappa shape index (κ2) is 15.5. The molecule has 0 spiro atoms. The first kappa shape index (κ1) is 40.8. The minimum Gasteiger partial charge on any atom is -0.246 e. The van der Waals surface area contributed by atoms with Crippen molar-refractivity contribution in [1.29, 1.82) is 0 Å². The third-order valence-electron chi connectivity index (χ3n) is 13.7. The van der Waals surface area contributed by atoms with Gasteiger partial charge in [-0.2, -0.15) is 20.5 Å². The van der Waals surface area contributed by atoms with Crippen molar-refractivity contribution in [3.05, 3.63) is 229 Å². The number of hydrogen-bond acceptors (Lipinski definition) is 4. The van der Waals surface area contributed by atoms with Crippen molar-refractivity contribution in [3.63, 3.8) is 0 Å². The largest absolute Gasteiger partial charge is 0.246 e. The smallest absolute Gasteiger partial charge is 0.0924 e. The molecule has 8 heterocycles. The molecule has 0 N–H and O–H groups in total. The van der Waals surface area contributed by atoms with Crippen LogP contribution in [0.1, 0.15) is 45.6 Å². The van der Waals surface area contributed by atoms with Crippen LogP contribution in [0.4, 0.5) is 22.7 Å². The van der Waals surface area contributed by atoms with Crippen molar-refractivity contribution < 1.29 is 0 Å². The Hall–Kier alpha value is -8.64. The molecule has 0 bridgehead atoms. The van der Waals surface area contributed by atoms with Crippen molar-refractivity contribution in [2.45, 2.75) is 55.4 Å². The van der Waals surface area contributed by atoms with Crippen LogP contribution in [0, 0.1) is 55.4 Å². The molecule has 0 aliphatic rings. The number of rotatable bonds is 12. The lowest BCUT2D eigenvalue weighted by Crippen LogP contribution is -2.38. The van der Waals surface area contributed by atoms with E-state index in [0.29, 0.717) is 0 Å². The normalized spacial score (nSPS) is 11.8. The van der Waals surface area contributed by atoms with Crippen LogP contribution in [0.25, 0.3) is 32.3 Å². The van der Waals surface area contributed by atoms with E-state index >= 15 is 0 Å². The SMILES string of the molecule is Cc1cccn1N(c1cc(N(n2cccc2C)n2cccc2C)c2ccc3c(N(n4cccc4C)n4cccc4C)cc(N(n4cccc4C)n4cccc4C)c4ccc1c2c43)n1cccc1C. The lowest BCUT2D eigenvalue weighted by molar-refractivity contribution is 0.580. The van der Waals surface area contributed by atoms with E-state index in [2.05, 4.69) is 296 Å². The average Bonchev–Trinajstić information content (AvgIpc) is 4.20. The van der Waals surface area contributed by atoms with Crippen LogP contribution >= 0.6 is 0 Å². The van der Waals surface area contributed by atoms with Crippen LogP contribution in [0.2, 0.25) is 0 Å². The Balaban J connectivity index is 1.30. The van der Waals surface area contributed by atoms with Crippen LogP contribution in [0.5, 0.6) is 0 Å². The zero-order chi connectivity index (χ0) is 46.5. The second-order valence-electron chi connectivity index (χ2n) is 18.0. The molecule has 0 unspecified atom stereocenters. The highest BCUT2D eigenvalue weighted by Crippen LogP contribution is 2.50. The third kappa shape index (κ3) is 6.06. The van der Waals surface area contributed by atoms with E-state index in [4.69, 9.17) is 0 Å². The van der Waals surface area contributed by atoms with Gasteiger partial charge in [-0.05, 0) is 165 Å². The van der Waals surface area contributed by atoms with Crippen molar-refractivity contribution in [2.24, 2.45) is 0 Å². The molecule has 12 heteroatoms. The Bertz CT molecular complexity index is 3150. The first-order valence-electron chi connectivity index (χ1n) is 23.2. The molecular weight excluding hydrogens is 841 g/mol. The van der Waals surface area contributed by atoms with E-state index in [1.807, 2.05) is 0 Å². The molecule has 4 aromatic carbocycles. The van der Waals surface area contributed by atoms with Gasteiger partial charge in [0, 0.05) is 127 Å². The van der Waals surface area contributed by atoms with E-state index in [-0.39, 0.29) is 0 Å². The van der Waals surface area contributed by atoms with Gasteiger partial charge in [-0.3, -0.25) is 0 Å². The van der Waals surface area contributed by atoms with Gasteiger partial charge < -0.3 is 0 Å². The number of nitrogens with zero attached hydrogens (tertiary/aromatic N) is 12. The molecule has 0 aliphatic carbocycles. The number of aryl methyl sites for hydroxylation is 8. The van der Waals surface area contributed by atoms with Gasteiger partial charge in [0.05, 0.1) is 22.7 Å². The molecular formula is C56H54N12. The monoisotopic (exact) mass is 894 g/mol. The van der Waals surface area contributed by atoms with Crippen LogP contribution in [-0.4, -0.2) is 37.4 Å². The van der Waals surface area contributed by atoms with Gasteiger partial charge in [0.1, 0.15) is 0 Å². The molecule has 0 fully saturated rings. The van der Waals surface area contributed by atoms with E-state index in [1.165, 1.54) is 0 Å². The van der Waals surface area contributed by atoms with E-state index in [9.17, 15) is 0 Å². The predicted octanol–water partition coefficient (Wildman–Crippen LogP) is 12.4. The minimum atomic E-state index is 1.02. The summed E-state index contributed by atoms with van der Waals surface area (Å²) in [6.45, 7) is 17.3. The van der Waals surface area contributed by atoms with Gasteiger partial charge in [0.2, 0.25) is 0 Å². The predicted molar refractivity (Wildman–Crippen MR) is 277 cm³/mol. The lowest BCUT2D eigenvalue weighted by atomic mass is 9.90. The molecule has 12 nitrogen and oxygen atoms in total. The van der Waals surface area contributed by atoms with E-state index in [1.54, 1.807) is 0 Å². The molecule has 0 atom stereocenters. The number of hydrogen-bond donors (Lipinski definition) is 0. The van der Waals surface area contributed by atoms with Gasteiger partial charge in [0.25, 0.3) is 0 Å². The first-order chi connectivity index (χ1) is 33.1. The molecule has 0 amide bonds. The van der Waals surface area contributed by atoms with E-state index < -0.39 is 0 Å². The van der Waals surface area contributed by atoms with Crippen LogP contribution in [0.3, 0.4) is 0 Å². The number of benzene rings is 4. The van der Waals surface area contributed by atoms with Gasteiger partial charge in [-0.25, -0.2) is 37.4 Å². The fourth-order valence-electron chi connectivity index (χ4n) is 10.3. The molecule has 0 saturated carbocycles. The van der Waals surface area contributed by atoms with Crippen LogP contribution in [0.15, 0.2) is 183 Å². The van der Waals surface area contributed by atoms with Gasteiger partial charge in [0.15, 0.2) is 0 Å². The molecule has 12 rings (SSSR count). The summed E-state index contributed by atoms with van der Waals surface area (Å²) in [6.07, 6.45) is 17.2. The molecule has 12 aromatic rings. The Morgan fingerprint density at radius 2 is 0.397 bits per heavy atom. The Labute approximate surface area is 395 Å². The zero-order valence-corrected chi connectivity index (χ0v) is 39.7. The summed E-state index contributed by atoms with van der Waals surface area (Å²) in [7, 11) is 0. The summed E-state index contributed by atoms with van der Waals surface area (Å²) < 4.78 is 18.0. The summed E-state index contributed by atoms with van der Waals surface area (Å²) in [5.74, 6) is 0. The minimum absolute atomic E-state index is 1.02. The summed E-state index contributed by atoms with van der Waals surface area (Å²) in [5, 5.41) is 16.0. The highest BCUT2D eigenvalue weighted by atomic mass is 15.8. The van der Waals surface area contributed by atoms with Crippen molar-refractivity contribution in [1.82, 2.24) is 37.4 Å². The number of anilines is 4. The summed E-state index contributed by atoms with van der Waals surface area (Å²) in [5.41, 5.74) is 12.9. The third-order valence-corrected chi connectivity index (χ3v) is 13.7. The summed E-state index contributed by atoms with van der Waals surface area (Å²) in [4.78, 5) is 0. The molecule has 68 heavy (non-hydrogen) atoms. The first-order valence-corrected chi connectivity index (χ1v) is 23.2. The molecule has 0 saturated heterocycles. The quantitative estimate of drug-likeness (QED) is 0.115. The molecule has 0 radical (unpaired) electrons. The standard InChI is InChI=1S/C56H54N12/c1-39-17-9-29-57(39)65(58-30-10-18-40(58)2)51-37-52(66(59-31-11-19-41(59)3)60-32-12-20-42(60)4)48-27-28-50-54(68(63-35-15-23-45(63)7)64-36-16-24-46(64)8)38-53(49-26-25-47(51)55(48)56(49)50)67(61-33-13-21-43(61)5)62-34-14-22-44(62)6/h9-38H,1-8H3. The van der Waals surface area contributed by atoms with Crippen LogP contribution in [-0.2, 0) is 0 Å². The van der Waals surface area contributed by atoms with Gasteiger partial charge in [-0.15, -0.1) is 0 Å². The lowest BCUT2D eigenvalue weighted by Gasteiger charge is -2.36. The van der Waals surface area contributed by atoms with Crippen LogP contribution < -0.4 is 20.5 Å². The highest BCUT2D eigenvalue weighted by molar-refractivity contribution is 6.31. The van der Waals surface area contributed by atoms with Gasteiger partial charge in [-0.1, -0.05) is 24.3 Å². The molecule has 8 aromatic heterocycles. The maximum absolute atomic E-state index is 2.37. The second-order valence-corrected chi connectivity index (χ2v) is 18.0. The molecule has 338 valence electrons. The fourth-order valence-corrected chi connectivity index (χ4v) is 10.3. The van der Waals surface area contributed by atoms with Crippen molar-refractivity contribution in [2.75, 3.05) is 20.5 Å². The summed E-state index contributed by atoms with van der Waals surface area (Å²) in [6, 6.07) is 48.5. The maximum Gasteiger partial charge on any atom is 0.0924 e. The van der Waals surface area contributed by atoms with Crippen molar-refractivity contribution in [3.8, 4) is 0 Å². The fraction of sp³-hybridized carbons (Fsp3) is 0.143. The average molecular weight is 895 g/mol. The molecule has 0 aliphatic heterocycles. The topological polar surface area (TPSA) is 52.4 Å². The zero-order valence-electron chi connectivity index (χ0n) is 39.7.